The Balaban J connectivity index is 1.78. The van der Waals surface area contributed by atoms with E-state index in [2.05, 4.69) is 46.5 Å². The summed E-state index contributed by atoms with van der Waals surface area (Å²) in [6.07, 6.45) is 2.89. The minimum absolute atomic E-state index is 0.436. The van der Waals surface area contributed by atoms with Crippen molar-refractivity contribution in [2.75, 3.05) is 45.9 Å². The lowest BCUT2D eigenvalue weighted by molar-refractivity contribution is 0.0220. The molecular formula is C18H31N5O. The number of hydrogen-bond donors (Lipinski definition) is 2. The van der Waals surface area contributed by atoms with Crippen LogP contribution in [0.15, 0.2) is 23.3 Å². The molecule has 1 aliphatic heterocycles. The Morgan fingerprint density at radius 2 is 2.12 bits per heavy atom. The summed E-state index contributed by atoms with van der Waals surface area (Å²) in [5.41, 5.74) is 2.30. The van der Waals surface area contributed by atoms with E-state index in [0.29, 0.717) is 6.04 Å². The zero-order valence-electron chi connectivity index (χ0n) is 15.2. The van der Waals surface area contributed by atoms with E-state index in [0.717, 1.165) is 64.0 Å². The molecule has 1 atom stereocenters. The van der Waals surface area contributed by atoms with Crippen LogP contribution in [0, 0.1) is 6.92 Å². The molecule has 1 fully saturated rings. The molecule has 2 heterocycles. The van der Waals surface area contributed by atoms with Crippen molar-refractivity contribution in [2.45, 2.75) is 33.2 Å². The lowest BCUT2D eigenvalue weighted by Gasteiger charge is -2.31. The molecule has 0 aliphatic carbocycles. The van der Waals surface area contributed by atoms with Crippen molar-refractivity contribution in [3.63, 3.8) is 0 Å². The number of aryl methyl sites for hydroxylation is 1. The number of pyridine rings is 1. The third-order valence-corrected chi connectivity index (χ3v) is 4.21. The van der Waals surface area contributed by atoms with Crippen LogP contribution in [0.25, 0.3) is 0 Å². The number of hydrogen-bond acceptors (Lipinski definition) is 4. The van der Waals surface area contributed by atoms with Crippen LogP contribution in [0.5, 0.6) is 0 Å². The second-order valence-corrected chi connectivity index (χ2v) is 6.20. The van der Waals surface area contributed by atoms with Crippen molar-refractivity contribution >= 4 is 5.96 Å². The Hall–Kier alpha value is -1.66. The largest absolute Gasteiger partial charge is 0.379 e. The van der Waals surface area contributed by atoms with Gasteiger partial charge in [0, 0.05) is 44.1 Å². The van der Waals surface area contributed by atoms with Gasteiger partial charge in [-0.1, -0.05) is 6.07 Å². The Kier molecular flexibility index (Phi) is 7.98. The first-order valence-corrected chi connectivity index (χ1v) is 8.94. The molecule has 6 heteroatoms. The van der Waals surface area contributed by atoms with Crippen molar-refractivity contribution in [3.05, 3.63) is 29.6 Å². The van der Waals surface area contributed by atoms with Gasteiger partial charge in [0.1, 0.15) is 0 Å². The van der Waals surface area contributed by atoms with Gasteiger partial charge in [0.15, 0.2) is 5.96 Å². The van der Waals surface area contributed by atoms with Gasteiger partial charge in [0.05, 0.1) is 19.8 Å². The van der Waals surface area contributed by atoms with Gasteiger partial charge < -0.3 is 15.4 Å². The summed E-state index contributed by atoms with van der Waals surface area (Å²) in [5, 5.41) is 6.73. The molecule has 0 bridgehead atoms. The van der Waals surface area contributed by atoms with E-state index in [1.807, 2.05) is 13.1 Å². The number of aliphatic imine (C=N–C) groups is 1. The average molecular weight is 333 g/mol. The van der Waals surface area contributed by atoms with Gasteiger partial charge in [0.25, 0.3) is 0 Å². The van der Waals surface area contributed by atoms with Gasteiger partial charge in [-0.15, -0.1) is 0 Å². The minimum Gasteiger partial charge on any atom is -0.379 e. The zero-order chi connectivity index (χ0) is 17.2. The second kappa shape index (κ2) is 10.3. The standard InChI is InChI=1S/C18H31N5O/c1-4-19-18(20-8-7-17-6-5-15(2)21-14-17)22-13-16(3)23-9-11-24-12-10-23/h5-6,14,16H,4,7-13H2,1-3H3,(H2,19,20,22). The SMILES string of the molecule is CCNC(=NCC(C)N1CCOCC1)NCCc1ccc(C)nc1. The molecule has 134 valence electrons. The molecule has 2 N–H and O–H groups in total. The first-order chi connectivity index (χ1) is 11.7. The second-order valence-electron chi connectivity index (χ2n) is 6.20. The van der Waals surface area contributed by atoms with Gasteiger partial charge in [-0.25, -0.2) is 0 Å². The van der Waals surface area contributed by atoms with Gasteiger partial charge in [-0.05, 0) is 38.8 Å². The van der Waals surface area contributed by atoms with Crippen LogP contribution in [-0.2, 0) is 11.2 Å². The molecular weight excluding hydrogens is 302 g/mol. The van der Waals surface area contributed by atoms with E-state index in [9.17, 15) is 0 Å². The molecule has 1 aromatic rings. The summed E-state index contributed by atoms with van der Waals surface area (Å²) in [5.74, 6) is 0.887. The number of guanidine groups is 1. The molecule has 0 amide bonds. The monoisotopic (exact) mass is 333 g/mol. The number of morpholine rings is 1. The highest BCUT2D eigenvalue weighted by molar-refractivity contribution is 5.79. The molecule has 1 unspecified atom stereocenters. The highest BCUT2D eigenvalue weighted by Crippen LogP contribution is 2.04. The summed E-state index contributed by atoms with van der Waals surface area (Å²) < 4.78 is 5.41. The Morgan fingerprint density at radius 1 is 1.33 bits per heavy atom. The average Bonchev–Trinajstić information content (AvgIpc) is 2.62. The quantitative estimate of drug-likeness (QED) is 0.580. The Labute approximate surface area is 145 Å². The van der Waals surface area contributed by atoms with E-state index < -0.39 is 0 Å². The summed E-state index contributed by atoms with van der Waals surface area (Å²) in [4.78, 5) is 11.5. The predicted octanol–water partition coefficient (Wildman–Crippen LogP) is 1.21. The Morgan fingerprint density at radius 3 is 2.79 bits per heavy atom. The summed E-state index contributed by atoms with van der Waals surface area (Å²) in [6.45, 7) is 12.5. The number of nitrogens with one attached hydrogen (secondary N) is 2. The van der Waals surface area contributed by atoms with E-state index in [1.54, 1.807) is 0 Å². The van der Waals surface area contributed by atoms with E-state index in [1.165, 1.54) is 5.56 Å². The maximum atomic E-state index is 5.41. The lowest BCUT2D eigenvalue weighted by atomic mass is 10.2. The third-order valence-electron chi connectivity index (χ3n) is 4.21. The van der Waals surface area contributed by atoms with Crippen molar-refractivity contribution < 1.29 is 4.74 Å². The highest BCUT2D eigenvalue weighted by Gasteiger charge is 2.16. The molecule has 0 radical (unpaired) electrons. The minimum atomic E-state index is 0.436. The van der Waals surface area contributed by atoms with Crippen LogP contribution in [0.3, 0.4) is 0 Å². The molecule has 0 saturated carbocycles. The maximum Gasteiger partial charge on any atom is 0.191 e. The molecule has 0 aromatic carbocycles. The van der Waals surface area contributed by atoms with Gasteiger partial charge in [-0.2, -0.15) is 0 Å². The van der Waals surface area contributed by atoms with Crippen LogP contribution in [-0.4, -0.2) is 67.8 Å². The molecule has 24 heavy (non-hydrogen) atoms. The first kappa shape index (κ1) is 18.7. The van der Waals surface area contributed by atoms with Gasteiger partial charge in [-0.3, -0.25) is 14.9 Å². The maximum absolute atomic E-state index is 5.41. The number of ether oxygens (including phenoxy) is 1. The molecule has 1 saturated heterocycles. The topological polar surface area (TPSA) is 61.8 Å². The number of nitrogens with zero attached hydrogens (tertiary/aromatic N) is 3. The molecule has 6 nitrogen and oxygen atoms in total. The molecule has 1 aromatic heterocycles. The fourth-order valence-electron chi connectivity index (χ4n) is 2.67. The van der Waals surface area contributed by atoms with Crippen molar-refractivity contribution in [3.8, 4) is 0 Å². The van der Waals surface area contributed by atoms with Crippen LogP contribution in [0.4, 0.5) is 0 Å². The summed E-state index contributed by atoms with van der Waals surface area (Å²) >= 11 is 0. The smallest absolute Gasteiger partial charge is 0.191 e. The van der Waals surface area contributed by atoms with Gasteiger partial charge >= 0.3 is 0 Å². The van der Waals surface area contributed by atoms with E-state index in [-0.39, 0.29) is 0 Å². The highest BCUT2D eigenvalue weighted by atomic mass is 16.5. The van der Waals surface area contributed by atoms with Crippen LogP contribution in [0.2, 0.25) is 0 Å². The van der Waals surface area contributed by atoms with Crippen molar-refractivity contribution in [1.29, 1.82) is 0 Å². The normalized spacial score (nSPS) is 17.5. The lowest BCUT2D eigenvalue weighted by Crippen LogP contribution is -2.44. The van der Waals surface area contributed by atoms with Crippen LogP contribution in [0.1, 0.15) is 25.1 Å². The summed E-state index contributed by atoms with van der Waals surface area (Å²) in [7, 11) is 0. The summed E-state index contributed by atoms with van der Waals surface area (Å²) in [6, 6.07) is 4.62. The van der Waals surface area contributed by atoms with E-state index in [4.69, 9.17) is 9.73 Å². The zero-order valence-corrected chi connectivity index (χ0v) is 15.2. The van der Waals surface area contributed by atoms with E-state index >= 15 is 0 Å². The predicted molar refractivity (Wildman–Crippen MR) is 98.5 cm³/mol. The van der Waals surface area contributed by atoms with Crippen molar-refractivity contribution in [2.24, 2.45) is 4.99 Å². The first-order valence-electron chi connectivity index (χ1n) is 8.94. The van der Waals surface area contributed by atoms with Crippen LogP contribution >= 0.6 is 0 Å². The molecule has 0 spiro atoms. The Bertz CT molecular complexity index is 497. The molecule has 2 rings (SSSR count). The molecule has 1 aliphatic rings. The van der Waals surface area contributed by atoms with Crippen LogP contribution < -0.4 is 10.6 Å². The van der Waals surface area contributed by atoms with Crippen molar-refractivity contribution in [1.82, 2.24) is 20.5 Å². The third kappa shape index (κ3) is 6.45. The fourth-order valence-corrected chi connectivity index (χ4v) is 2.67. The number of rotatable bonds is 7. The van der Waals surface area contributed by atoms with Gasteiger partial charge in [0.2, 0.25) is 0 Å². The number of aromatic nitrogens is 1. The fraction of sp³-hybridized carbons (Fsp3) is 0.667.